The summed E-state index contributed by atoms with van der Waals surface area (Å²) in [6.07, 6.45) is 8.20. The molecule has 36 heavy (non-hydrogen) atoms. The minimum Gasteiger partial charge on any atom is -0.439 e. The van der Waals surface area contributed by atoms with Gasteiger partial charge in [0.2, 0.25) is 11.8 Å². The molecule has 2 aromatic carbocycles. The van der Waals surface area contributed by atoms with Crippen LogP contribution in [0, 0.1) is 0 Å². The number of aromatic nitrogens is 2. The summed E-state index contributed by atoms with van der Waals surface area (Å²) in [5.74, 6) is 2.52. The lowest BCUT2D eigenvalue weighted by Crippen LogP contribution is -2.41. The van der Waals surface area contributed by atoms with Crippen LogP contribution in [0.4, 0.5) is 11.8 Å². The molecule has 2 aliphatic rings. The SMILES string of the molecule is S=C(NCC1(c2cccc(Cl)c2)CCCC1)Nc1nc(Oc2ccccc2)cc(N2CCCCC2)n1. The number of thiocarbonyl (C=S) groups is 1. The van der Waals surface area contributed by atoms with Crippen LogP contribution in [0.25, 0.3) is 0 Å². The van der Waals surface area contributed by atoms with E-state index in [-0.39, 0.29) is 5.41 Å². The van der Waals surface area contributed by atoms with E-state index >= 15 is 0 Å². The van der Waals surface area contributed by atoms with Gasteiger partial charge in [-0.05, 0) is 74.2 Å². The van der Waals surface area contributed by atoms with Crippen molar-refractivity contribution in [3.63, 3.8) is 0 Å². The molecule has 1 saturated carbocycles. The van der Waals surface area contributed by atoms with Crippen LogP contribution >= 0.6 is 23.8 Å². The van der Waals surface area contributed by atoms with E-state index in [1.54, 1.807) is 0 Å². The zero-order chi connectivity index (χ0) is 24.8. The Kier molecular flexibility index (Phi) is 7.87. The van der Waals surface area contributed by atoms with Gasteiger partial charge in [-0.2, -0.15) is 9.97 Å². The number of nitrogens with zero attached hydrogens (tertiary/aromatic N) is 3. The van der Waals surface area contributed by atoms with E-state index in [1.807, 2.05) is 48.5 Å². The van der Waals surface area contributed by atoms with Gasteiger partial charge in [0, 0.05) is 36.1 Å². The van der Waals surface area contributed by atoms with Crippen molar-refractivity contribution in [2.24, 2.45) is 0 Å². The fourth-order valence-electron chi connectivity index (χ4n) is 5.25. The van der Waals surface area contributed by atoms with Crippen LogP contribution in [-0.2, 0) is 5.41 Å². The van der Waals surface area contributed by atoms with E-state index in [0.29, 0.717) is 16.9 Å². The summed E-state index contributed by atoms with van der Waals surface area (Å²) in [6, 6.07) is 19.8. The van der Waals surface area contributed by atoms with Crippen LogP contribution in [0.15, 0.2) is 60.7 Å². The number of halogens is 1. The van der Waals surface area contributed by atoms with Gasteiger partial charge in [0.05, 0.1) is 0 Å². The van der Waals surface area contributed by atoms with Crippen molar-refractivity contribution in [1.82, 2.24) is 15.3 Å². The smallest absolute Gasteiger partial charge is 0.234 e. The Bertz CT molecular complexity index is 1180. The Hall–Kier alpha value is -2.90. The maximum absolute atomic E-state index is 6.32. The summed E-state index contributed by atoms with van der Waals surface area (Å²) in [6.45, 7) is 2.69. The topological polar surface area (TPSA) is 62.3 Å². The number of hydrogen-bond donors (Lipinski definition) is 2. The molecule has 0 amide bonds. The molecule has 1 aromatic heterocycles. The molecule has 0 spiro atoms. The summed E-state index contributed by atoms with van der Waals surface area (Å²) in [5.41, 5.74) is 1.29. The van der Waals surface area contributed by atoms with Crippen molar-refractivity contribution in [3.8, 4) is 11.6 Å². The second-order valence-electron chi connectivity index (χ2n) is 9.66. The highest BCUT2D eigenvalue weighted by atomic mass is 35.5. The average molecular weight is 522 g/mol. The summed E-state index contributed by atoms with van der Waals surface area (Å²) in [5, 5.41) is 7.94. The number of nitrogens with one attached hydrogen (secondary N) is 2. The number of piperidine rings is 1. The quantitative estimate of drug-likeness (QED) is 0.335. The monoisotopic (exact) mass is 521 g/mol. The van der Waals surface area contributed by atoms with E-state index in [2.05, 4.69) is 32.7 Å². The molecule has 1 aliphatic heterocycles. The van der Waals surface area contributed by atoms with Gasteiger partial charge in [-0.1, -0.05) is 54.8 Å². The van der Waals surface area contributed by atoms with Crippen molar-refractivity contribution in [2.75, 3.05) is 29.9 Å². The Balaban J connectivity index is 1.32. The van der Waals surface area contributed by atoms with Gasteiger partial charge >= 0.3 is 0 Å². The largest absolute Gasteiger partial charge is 0.439 e. The second-order valence-corrected chi connectivity index (χ2v) is 10.5. The van der Waals surface area contributed by atoms with Gasteiger partial charge in [-0.15, -0.1) is 0 Å². The highest BCUT2D eigenvalue weighted by Crippen LogP contribution is 2.41. The fraction of sp³-hybridized carbons (Fsp3) is 0.393. The first kappa shape index (κ1) is 24.8. The third kappa shape index (κ3) is 6.08. The van der Waals surface area contributed by atoms with Gasteiger partial charge in [0.1, 0.15) is 11.6 Å². The van der Waals surface area contributed by atoms with Crippen molar-refractivity contribution in [3.05, 3.63) is 71.2 Å². The summed E-state index contributed by atoms with van der Waals surface area (Å²) >= 11 is 12.0. The molecule has 2 fully saturated rings. The molecule has 2 heterocycles. The summed E-state index contributed by atoms with van der Waals surface area (Å²) in [7, 11) is 0. The molecule has 2 N–H and O–H groups in total. The molecule has 3 aromatic rings. The molecular weight excluding hydrogens is 490 g/mol. The van der Waals surface area contributed by atoms with Crippen LogP contribution in [0.3, 0.4) is 0 Å². The summed E-state index contributed by atoms with van der Waals surface area (Å²) in [4.78, 5) is 11.7. The predicted molar refractivity (Wildman–Crippen MR) is 150 cm³/mol. The number of anilines is 2. The molecule has 0 unspecified atom stereocenters. The molecule has 6 nitrogen and oxygen atoms in total. The van der Waals surface area contributed by atoms with Crippen molar-refractivity contribution in [1.29, 1.82) is 0 Å². The maximum Gasteiger partial charge on any atom is 0.234 e. The van der Waals surface area contributed by atoms with Crippen molar-refractivity contribution < 1.29 is 4.74 Å². The zero-order valence-electron chi connectivity index (χ0n) is 20.4. The Morgan fingerprint density at radius 3 is 2.47 bits per heavy atom. The van der Waals surface area contributed by atoms with Crippen LogP contribution in [-0.4, -0.2) is 34.7 Å². The highest BCUT2D eigenvalue weighted by molar-refractivity contribution is 7.80. The minimum absolute atomic E-state index is 0.0225. The second kappa shape index (κ2) is 11.4. The third-order valence-electron chi connectivity index (χ3n) is 7.15. The molecule has 0 atom stereocenters. The maximum atomic E-state index is 6.32. The molecule has 8 heteroatoms. The lowest BCUT2D eigenvalue weighted by Gasteiger charge is -2.31. The van der Waals surface area contributed by atoms with E-state index in [1.165, 1.54) is 24.8 Å². The van der Waals surface area contributed by atoms with Gasteiger partial charge in [0.25, 0.3) is 0 Å². The molecule has 5 rings (SSSR count). The van der Waals surface area contributed by atoms with E-state index in [0.717, 1.165) is 61.9 Å². The van der Waals surface area contributed by atoms with E-state index < -0.39 is 0 Å². The zero-order valence-corrected chi connectivity index (χ0v) is 22.0. The van der Waals surface area contributed by atoms with Gasteiger partial charge in [-0.25, -0.2) is 0 Å². The lowest BCUT2D eigenvalue weighted by molar-refractivity contribution is 0.435. The Labute approximate surface area is 223 Å². The lowest BCUT2D eigenvalue weighted by atomic mass is 9.79. The first-order valence-electron chi connectivity index (χ1n) is 12.8. The van der Waals surface area contributed by atoms with Crippen LogP contribution in [0.1, 0.15) is 50.5 Å². The molecule has 0 bridgehead atoms. The Morgan fingerprint density at radius 1 is 0.944 bits per heavy atom. The van der Waals surface area contributed by atoms with Gasteiger partial charge in [0.15, 0.2) is 5.11 Å². The minimum atomic E-state index is 0.0225. The van der Waals surface area contributed by atoms with E-state index in [9.17, 15) is 0 Å². The standard InChI is InChI=1S/C28H32ClN5OS/c29-22-11-9-10-21(18-22)28(14-5-6-15-28)20-30-27(36)33-26-31-24(34-16-7-2-8-17-34)19-25(32-26)35-23-12-3-1-4-13-23/h1,3-4,9-13,18-19H,2,5-8,14-17,20H2,(H2,30,31,32,33,36). The van der Waals surface area contributed by atoms with Crippen LogP contribution in [0.5, 0.6) is 11.6 Å². The number of rotatable bonds is 7. The predicted octanol–water partition coefficient (Wildman–Crippen LogP) is 6.71. The summed E-state index contributed by atoms with van der Waals surface area (Å²) < 4.78 is 6.06. The molecule has 0 radical (unpaired) electrons. The first-order valence-corrected chi connectivity index (χ1v) is 13.6. The molecule has 1 aliphatic carbocycles. The first-order chi connectivity index (χ1) is 17.6. The van der Waals surface area contributed by atoms with Crippen LogP contribution in [0.2, 0.25) is 5.02 Å². The van der Waals surface area contributed by atoms with Crippen LogP contribution < -0.4 is 20.3 Å². The fourth-order valence-corrected chi connectivity index (χ4v) is 5.60. The van der Waals surface area contributed by atoms with Gasteiger partial charge in [-0.3, -0.25) is 0 Å². The molecular formula is C28H32ClN5OS. The van der Waals surface area contributed by atoms with Crippen molar-refractivity contribution >= 4 is 40.7 Å². The van der Waals surface area contributed by atoms with Crippen molar-refractivity contribution in [2.45, 2.75) is 50.4 Å². The van der Waals surface area contributed by atoms with Gasteiger partial charge < -0.3 is 20.3 Å². The highest BCUT2D eigenvalue weighted by Gasteiger charge is 2.35. The number of para-hydroxylation sites is 1. The van der Waals surface area contributed by atoms with E-state index in [4.69, 9.17) is 33.5 Å². The number of ether oxygens (including phenoxy) is 1. The average Bonchev–Trinajstić information content (AvgIpc) is 3.39. The normalized spacial score (nSPS) is 17.0. The number of hydrogen-bond acceptors (Lipinski definition) is 5. The molecule has 1 saturated heterocycles. The number of benzene rings is 2. The third-order valence-corrected chi connectivity index (χ3v) is 7.63. The molecule has 188 valence electrons. The Morgan fingerprint density at radius 2 is 1.72 bits per heavy atom.